The number of hydrogen-bond acceptors (Lipinski definition) is 5. The minimum absolute atomic E-state index is 0.112. The number of hydrogen-bond donors (Lipinski definition) is 0. The summed E-state index contributed by atoms with van der Waals surface area (Å²) in [6.07, 6.45) is 0. The van der Waals surface area contributed by atoms with Gasteiger partial charge in [0, 0.05) is 10.0 Å². The molecule has 0 aliphatic heterocycles. The van der Waals surface area contributed by atoms with Gasteiger partial charge in [-0.25, -0.2) is 4.79 Å². The Morgan fingerprint density at radius 3 is 2.42 bits per heavy atom. The number of rotatable bonds is 6. The number of carbonyl (C=O) groups is 2. The first-order valence-electron chi connectivity index (χ1n) is 6.88. The molecule has 0 radical (unpaired) electrons. The van der Waals surface area contributed by atoms with E-state index >= 15 is 0 Å². The van der Waals surface area contributed by atoms with Crippen molar-refractivity contribution in [3.8, 4) is 17.2 Å². The van der Waals surface area contributed by atoms with Gasteiger partial charge in [-0.2, -0.15) is 0 Å². The fraction of sp³-hybridized carbons (Fsp3) is 0.176. The monoisotopic (exact) mass is 412 g/mol. The Morgan fingerprint density at radius 1 is 1.08 bits per heavy atom. The van der Waals surface area contributed by atoms with Gasteiger partial charge in [0.1, 0.15) is 5.75 Å². The maximum Gasteiger partial charge on any atom is 0.349 e. The molecule has 0 amide bonds. The molecular weight excluding hydrogens is 400 g/mol. The molecule has 7 heteroatoms. The average molecular weight is 414 g/mol. The van der Waals surface area contributed by atoms with Crippen LogP contribution >= 0.6 is 27.5 Å². The van der Waals surface area contributed by atoms with E-state index < -0.39 is 5.97 Å². The zero-order chi connectivity index (χ0) is 17.7. The van der Waals surface area contributed by atoms with E-state index in [9.17, 15) is 9.59 Å². The number of carbonyl (C=O) groups excluding carboxylic acids is 2. The third-order valence-electron chi connectivity index (χ3n) is 3.03. The molecule has 0 fully saturated rings. The molecule has 0 atom stereocenters. The van der Waals surface area contributed by atoms with Gasteiger partial charge in [-0.1, -0.05) is 27.5 Å². The van der Waals surface area contributed by atoms with Crippen LogP contribution in [-0.4, -0.2) is 25.5 Å². The molecule has 2 rings (SSSR count). The molecule has 0 aromatic heterocycles. The zero-order valence-electron chi connectivity index (χ0n) is 13.0. The highest BCUT2D eigenvalue weighted by molar-refractivity contribution is 9.10. The standard InChI is InChI=1S/C17H14BrClO5/c1-10(20)11-3-5-15(16(7-11)22-2)24-17(21)9-23-14-6-4-12(18)8-13(14)19/h3-8H,9H2,1-2H3. The molecular formula is C17H14BrClO5. The van der Waals surface area contributed by atoms with E-state index in [1.165, 1.54) is 26.2 Å². The topological polar surface area (TPSA) is 61.8 Å². The van der Waals surface area contributed by atoms with Crippen molar-refractivity contribution >= 4 is 39.3 Å². The molecule has 0 saturated heterocycles. The lowest BCUT2D eigenvalue weighted by Gasteiger charge is -2.11. The highest BCUT2D eigenvalue weighted by Gasteiger charge is 2.13. The SMILES string of the molecule is COc1cc(C(C)=O)ccc1OC(=O)COc1ccc(Br)cc1Cl. The Bertz CT molecular complexity index is 776. The molecule has 0 heterocycles. The van der Waals surface area contributed by atoms with Gasteiger partial charge in [0.25, 0.3) is 0 Å². The highest BCUT2D eigenvalue weighted by Crippen LogP contribution is 2.29. The largest absolute Gasteiger partial charge is 0.493 e. The fourth-order valence-electron chi connectivity index (χ4n) is 1.85. The Kier molecular flexibility index (Phi) is 6.23. The Balaban J connectivity index is 2.03. The summed E-state index contributed by atoms with van der Waals surface area (Å²) in [4.78, 5) is 23.3. The lowest BCUT2D eigenvalue weighted by molar-refractivity contribution is -0.136. The van der Waals surface area contributed by atoms with Crippen LogP contribution in [0.1, 0.15) is 17.3 Å². The Labute approximate surface area is 152 Å². The predicted molar refractivity (Wildman–Crippen MR) is 93.3 cm³/mol. The smallest absolute Gasteiger partial charge is 0.349 e. The fourth-order valence-corrected chi connectivity index (χ4v) is 2.58. The van der Waals surface area contributed by atoms with Crippen molar-refractivity contribution < 1.29 is 23.8 Å². The summed E-state index contributed by atoms with van der Waals surface area (Å²) in [5, 5.41) is 0.376. The number of Topliss-reactive ketones (excluding diaryl/α,β-unsaturated/α-hetero) is 1. The minimum Gasteiger partial charge on any atom is -0.493 e. The van der Waals surface area contributed by atoms with E-state index in [0.717, 1.165) is 4.47 Å². The van der Waals surface area contributed by atoms with E-state index in [1.807, 2.05) is 0 Å². The molecule has 0 unspecified atom stereocenters. The van der Waals surface area contributed by atoms with E-state index in [4.69, 9.17) is 25.8 Å². The maximum atomic E-state index is 11.9. The van der Waals surface area contributed by atoms with E-state index in [0.29, 0.717) is 16.3 Å². The number of benzene rings is 2. The second-order valence-electron chi connectivity index (χ2n) is 4.76. The molecule has 0 aliphatic rings. The molecule has 2 aromatic carbocycles. The van der Waals surface area contributed by atoms with Gasteiger partial charge in [-0.05, 0) is 43.3 Å². The van der Waals surface area contributed by atoms with Gasteiger partial charge in [-0.3, -0.25) is 4.79 Å². The van der Waals surface area contributed by atoms with Crippen LogP contribution < -0.4 is 14.2 Å². The number of methoxy groups -OCH3 is 1. The van der Waals surface area contributed by atoms with Crippen molar-refractivity contribution in [1.29, 1.82) is 0 Å². The third-order valence-corrected chi connectivity index (χ3v) is 3.82. The number of esters is 1. The van der Waals surface area contributed by atoms with Crippen molar-refractivity contribution in [2.45, 2.75) is 6.92 Å². The van der Waals surface area contributed by atoms with Gasteiger partial charge in [-0.15, -0.1) is 0 Å². The van der Waals surface area contributed by atoms with Crippen molar-refractivity contribution in [3.63, 3.8) is 0 Å². The molecule has 126 valence electrons. The highest BCUT2D eigenvalue weighted by atomic mass is 79.9. The van der Waals surface area contributed by atoms with Crippen LogP contribution in [0.2, 0.25) is 5.02 Å². The van der Waals surface area contributed by atoms with Gasteiger partial charge >= 0.3 is 5.97 Å². The normalized spacial score (nSPS) is 10.2. The summed E-state index contributed by atoms with van der Waals surface area (Å²) in [6.45, 7) is 1.12. The molecule has 0 N–H and O–H groups in total. The van der Waals surface area contributed by atoms with Crippen LogP contribution in [-0.2, 0) is 4.79 Å². The first kappa shape index (κ1) is 18.3. The van der Waals surface area contributed by atoms with Crippen LogP contribution in [0, 0.1) is 0 Å². The van der Waals surface area contributed by atoms with Crippen LogP contribution in [0.3, 0.4) is 0 Å². The molecule has 5 nitrogen and oxygen atoms in total. The van der Waals surface area contributed by atoms with Crippen LogP contribution in [0.25, 0.3) is 0 Å². The average Bonchev–Trinajstić information content (AvgIpc) is 2.54. The second-order valence-corrected chi connectivity index (χ2v) is 6.08. The number of ketones is 1. The summed E-state index contributed by atoms with van der Waals surface area (Å²) in [5.74, 6) is 0.133. The summed E-state index contributed by atoms with van der Waals surface area (Å²) in [7, 11) is 1.43. The van der Waals surface area contributed by atoms with Gasteiger partial charge < -0.3 is 14.2 Å². The molecule has 0 aliphatic carbocycles. The van der Waals surface area contributed by atoms with Crippen LogP contribution in [0.15, 0.2) is 40.9 Å². The quantitative estimate of drug-likeness (QED) is 0.401. The first-order chi connectivity index (χ1) is 11.4. The second kappa shape index (κ2) is 8.17. The first-order valence-corrected chi connectivity index (χ1v) is 8.05. The summed E-state index contributed by atoms with van der Waals surface area (Å²) >= 11 is 9.29. The van der Waals surface area contributed by atoms with Crippen molar-refractivity contribution in [2.24, 2.45) is 0 Å². The molecule has 0 spiro atoms. The molecule has 0 bridgehead atoms. The minimum atomic E-state index is -0.622. The van der Waals surface area contributed by atoms with E-state index in [1.54, 1.807) is 24.3 Å². The number of halogens is 2. The van der Waals surface area contributed by atoms with Crippen LogP contribution in [0.4, 0.5) is 0 Å². The van der Waals surface area contributed by atoms with E-state index in [-0.39, 0.29) is 23.9 Å². The zero-order valence-corrected chi connectivity index (χ0v) is 15.3. The Hall–Kier alpha value is -2.05. The Morgan fingerprint density at radius 2 is 1.79 bits per heavy atom. The predicted octanol–water partition coefficient (Wildman–Crippen LogP) is 4.30. The molecule has 24 heavy (non-hydrogen) atoms. The van der Waals surface area contributed by atoms with Crippen molar-refractivity contribution in [3.05, 3.63) is 51.5 Å². The van der Waals surface area contributed by atoms with Crippen molar-refractivity contribution in [2.75, 3.05) is 13.7 Å². The van der Waals surface area contributed by atoms with Gasteiger partial charge in [0.05, 0.1) is 12.1 Å². The third kappa shape index (κ3) is 4.72. The lowest BCUT2D eigenvalue weighted by atomic mass is 10.1. The number of ether oxygens (including phenoxy) is 3. The van der Waals surface area contributed by atoms with E-state index in [2.05, 4.69) is 15.9 Å². The maximum absolute atomic E-state index is 11.9. The summed E-state index contributed by atoms with van der Waals surface area (Å²) in [6, 6.07) is 9.61. The lowest BCUT2D eigenvalue weighted by Crippen LogP contribution is -2.18. The summed E-state index contributed by atoms with van der Waals surface area (Å²) in [5.41, 5.74) is 0.463. The summed E-state index contributed by atoms with van der Waals surface area (Å²) < 4.78 is 16.5. The van der Waals surface area contributed by atoms with Crippen LogP contribution in [0.5, 0.6) is 17.2 Å². The van der Waals surface area contributed by atoms with Gasteiger partial charge in [0.2, 0.25) is 0 Å². The van der Waals surface area contributed by atoms with Crippen molar-refractivity contribution in [1.82, 2.24) is 0 Å². The molecule has 0 saturated carbocycles. The molecule has 2 aromatic rings. The van der Waals surface area contributed by atoms with Gasteiger partial charge in [0.15, 0.2) is 23.9 Å².